The topological polar surface area (TPSA) is 69.1 Å². The number of amides is 1. The first-order chi connectivity index (χ1) is 8.41. The van der Waals surface area contributed by atoms with Crippen molar-refractivity contribution in [1.82, 2.24) is 5.16 Å². The summed E-state index contributed by atoms with van der Waals surface area (Å²) in [6.45, 7) is 7.70. The number of nitrogens with zero attached hydrogens (tertiary/aromatic N) is 1. The molecule has 0 bridgehead atoms. The molecule has 2 aromatic rings. The number of benzene rings is 1. The van der Waals surface area contributed by atoms with Crippen LogP contribution in [0.4, 0.5) is 0 Å². The molecule has 0 atom stereocenters. The highest BCUT2D eigenvalue weighted by Crippen LogP contribution is 2.31. The highest BCUT2D eigenvalue weighted by Gasteiger charge is 2.21. The number of rotatable bonds is 2. The summed E-state index contributed by atoms with van der Waals surface area (Å²) < 4.78 is 5.10. The van der Waals surface area contributed by atoms with Crippen molar-refractivity contribution in [3.63, 3.8) is 0 Å². The summed E-state index contributed by atoms with van der Waals surface area (Å²) in [5.74, 6) is -0.0556. The Morgan fingerprint density at radius 1 is 1.17 bits per heavy atom. The molecule has 1 aromatic heterocycles. The summed E-state index contributed by atoms with van der Waals surface area (Å²) in [5, 5.41) is 3.98. The van der Waals surface area contributed by atoms with Gasteiger partial charge in [-0.2, -0.15) is 0 Å². The van der Waals surface area contributed by atoms with Gasteiger partial charge >= 0.3 is 0 Å². The van der Waals surface area contributed by atoms with Crippen molar-refractivity contribution < 1.29 is 9.32 Å². The molecule has 1 aromatic carbocycles. The molecule has 0 unspecified atom stereocenters. The Labute approximate surface area is 106 Å². The van der Waals surface area contributed by atoms with E-state index in [0.29, 0.717) is 17.0 Å². The molecule has 0 radical (unpaired) electrons. The molecule has 0 aliphatic carbocycles. The average Bonchev–Trinajstić information content (AvgIpc) is 2.58. The average molecular weight is 244 g/mol. The number of hydrogen-bond donors (Lipinski definition) is 1. The van der Waals surface area contributed by atoms with Gasteiger partial charge in [-0.1, -0.05) is 22.9 Å². The third kappa shape index (κ3) is 1.90. The second-order valence-corrected chi connectivity index (χ2v) is 4.60. The summed E-state index contributed by atoms with van der Waals surface area (Å²) in [4.78, 5) is 11.5. The fourth-order valence-electron chi connectivity index (χ4n) is 2.39. The zero-order valence-electron chi connectivity index (χ0n) is 11.0. The van der Waals surface area contributed by atoms with Gasteiger partial charge in [0.1, 0.15) is 17.0 Å². The first-order valence-corrected chi connectivity index (χ1v) is 5.76. The van der Waals surface area contributed by atoms with Crippen LogP contribution in [-0.4, -0.2) is 11.1 Å². The minimum Gasteiger partial charge on any atom is -0.365 e. The molecular formula is C14H16N2O2. The first-order valence-electron chi connectivity index (χ1n) is 5.76. The number of carbonyl (C=O) groups is 1. The standard InChI is InChI=1S/C14H16N2O2/c1-7-5-8(2)11(9(3)6-7)13-12(14(15)17)10(4)18-16-13/h5-6H,1-4H3,(H2,15,17). The Morgan fingerprint density at radius 2 is 1.72 bits per heavy atom. The van der Waals surface area contributed by atoms with E-state index < -0.39 is 5.91 Å². The van der Waals surface area contributed by atoms with Crippen molar-refractivity contribution in [1.29, 1.82) is 0 Å². The van der Waals surface area contributed by atoms with E-state index in [2.05, 4.69) is 17.3 Å². The van der Waals surface area contributed by atoms with Gasteiger partial charge in [0.25, 0.3) is 5.91 Å². The van der Waals surface area contributed by atoms with Crippen LogP contribution in [0.3, 0.4) is 0 Å². The predicted octanol–water partition coefficient (Wildman–Crippen LogP) is 2.67. The quantitative estimate of drug-likeness (QED) is 0.883. The third-order valence-corrected chi connectivity index (χ3v) is 3.02. The Balaban J connectivity index is 2.74. The summed E-state index contributed by atoms with van der Waals surface area (Å²) >= 11 is 0. The van der Waals surface area contributed by atoms with E-state index in [9.17, 15) is 4.79 Å². The number of nitrogens with two attached hydrogens (primary N) is 1. The van der Waals surface area contributed by atoms with Gasteiger partial charge in [-0.05, 0) is 38.8 Å². The maximum absolute atomic E-state index is 11.5. The lowest BCUT2D eigenvalue weighted by molar-refractivity contribution is 0.0999. The molecule has 1 heterocycles. The molecule has 2 N–H and O–H groups in total. The lowest BCUT2D eigenvalue weighted by Crippen LogP contribution is -2.13. The van der Waals surface area contributed by atoms with E-state index in [4.69, 9.17) is 10.3 Å². The van der Waals surface area contributed by atoms with E-state index in [0.717, 1.165) is 16.7 Å². The van der Waals surface area contributed by atoms with Gasteiger partial charge in [0, 0.05) is 5.56 Å². The zero-order chi connectivity index (χ0) is 13.4. The Hall–Kier alpha value is -2.10. The fourth-order valence-corrected chi connectivity index (χ4v) is 2.39. The van der Waals surface area contributed by atoms with E-state index in [-0.39, 0.29) is 0 Å². The molecular weight excluding hydrogens is 228 g/mol. The molecule has 0 saturated carbocycles. The van der Waals surface area contributed by atoms with Crippen LogP contribution in [0, 0.1) is 27.7 Å². The molecule has 4 nitrogen and oxygen atoms in total. The highest BCUT2D eigenvalue weighted by molar-refractivity contribution is 6.00. The van der Waals surface area contributed by atoms with E-state index in [1.54, 1.807) is 6.92 Å². The van der Waals surface area contributed by atoms with Gasteiger partial charge in [0.2, 0.25) is 0 Å². The van der Waals surface area contributed by atoms with Crippen LogP contribution < -0.4 is 5.73 Å². The van der Waals surface area contributed by atoms with E-state index in [1.807, 2.05) is 20.8 Å². The van der Waals surface area contributed by atoms with Gasteiger partial charge in [-0.3, -0.25) is 4.79 Å². The molecule has 18 heavy (non-hydrogen) atoms. The summed E-state index contributed by atoms with van der Waals surface area (Å²) in [7, 11) is 0. The second kappa shape index (κ2) is 4.29. The first kappa shape index (κ1) is 12.4. The predicted molar refractivity (Wildman–Crippen MR) is 69.4 cm³/mol. The Kier molecular flexibility index (Phi) is 2.95. The van der Waals surface area contributed by atoms with Crippen LogP contribution in [0.2, 0.25) is 0 Å². The van der Waals surface area contributed by atoms with E-state index in [1.165, 1.54) is 5.56 Å². The molecule has 0 aliphatic rings. The molecule has 94 valence electrons. The number of hydrogen-bond acceptors (Lipinski definition) is 3. The number of aromatic nitrogens is 1. The van der Waals surface area contributed by atoms with Gasteiger partial charge in [-0.25, -0.2) is 0 Å². The summed E-state index contributed by atoms with van der Waals surface area (Å²) in [5.41, 5.74) is 10.5. The molecule has 0 aliphatic heterocycles. The monoisotopic (exact) mass is 244 g/mol. The molecule has 1 amide bonds. The van der Waals surface area contributed by atoms with Crippen LogP contribution >= 0.6 is 0 Å². The van der Waals surface area contributed by atoms with Crippen LogP contribution in [0.15, 0.2) is 16.7 Å². The molecule has 0 saturated heterocycles. The Morgan fingerprint density at radius 3 is 2.22 bits per heavy atom. The number of primary amides is 1. The molecule has 0 fully saturated rings. The van der Waals surface area contributed by atoms with E-state index >= 15 is 0 Å². The second-order valence-electron chi connectivity index (χ2n) is 4.60. The zero-order valence-corrected chi connectivity index (χ0v) is 11.0. The lowest BCUT2D eigenvalue weighted by Gasteiger charge is -2.09. The van der Waals surface area contributed by atoms with Gasteiger partial charge in [0.05, 0.1) is 0 Å². The lowest BCUT2D eigenvalue weighted by atomic mass is 9.95. The van der Waals surface area contributed by atoms with Crippen molar-refractivity contribution in [2.75, 3.05) is 0 Å². The van der Waals surface area contributed by atoms with Gasteiger partial charge < -0.3 is 10.3 Å². The van der Waals surface area contributed by atoms with Crippen molar-refractivity contribution in [2.24, 2.45) is 5.73 Å². The molecule has 4 heteroatoms. The maximum atomic E-state index is 11.5. The highest BCUT2D eigenvalue weighted by atomic mass is 16.5. The van der Waals surface area contributed by atoms with Crippen molar-refractivity contribution >= 4 is 5.91 Å². The third-order valence-electron chi connectivity index (χ3n) is 3.02. The maximum Gasteiger partial charge on any atom is 0.254 e. The minimum absolute atomic E-state index is 0.366. The normalized spacial score (nSPS) is 10.7. The minimum atomic E-state index is -0.511. The van der Waals surface area contributed by atoms with Crippen molar-refractivity contribution in [3.05, 3.63) is 40.1 Å². The van der Waals surface area contributed by atoms with Crippen molar-refractivity contribution in [2.45, 2.75) is 27.7 Å². The molecule has 2 rings (SSSR count). The fraction of sp³-hybridized carbons (Fsp3) is 0.286. The number of carbonyl (C=O) groups excluding carboxylic acids is 1. The van der Waals surface area contributed by atoms with Crippen LogP contribution in [0.5, 0.6) is 0 Å². The Bertz CT molecular complexity index is 604. The molecule has 0 spiro atoms. The van der Waals surface area contributed by atoms with Gasteiger partial charge in [0.15, 0.2) is 0 Å². The smallest absolute Gasteiger partial charge is 0.254 e. The van der Waals surface area contributed by atoms with Crippen molar-refractivity contribution in [3.8, 4) is 11.3 Å². The SMILES string of the molecule is Cc1cc(C)c(-c2noc(C)c2C(N)=O)c(C)c1. The summed E-state index contributed by atoms with van der Waals surface area (Å²) in [6.07, 6.45) is 0. The van der Waals surface area contributed by atoms with Crippen LogP contribution in [-0.2, 0) is 0 Å². The van der Waals surface area contributed by atoms with Gasteiger partial charge in [-0.15, -0.1) is 0 Å². The largest absolute Gasteiger partial charge is 0.365 e. The number of aryl methyl sites for hydroxylation is 4. The van der Waals surface area contributed by atoms with Crippen LogP contribution in [0.25, 0.3) is 11.3 Å². The van der Waals surface area contributed by atoms with Crippen LogP contribution in [0.1, 0.15) is 32.8 Å². The summed E-state index contributed by atoms with van der Waals surface area (Å²) in [6, 6.07) is 4.11.